The zero-order chi connectivity index (χ0) is 15.3. The molecule has 20 heavy (non-hydrogen) atoms. The van der Waals surface area contributed by atoms with Gasteiger partial charge in [-0.05, 0) is 12.3 Å². The molecular weight excluding hydrogens is 304 g/mol. The van der Waals surface area contributed by atoms with Crippen LogP contribution in [-0.4, -0.2) is 44.2 Å². The second-order valence-corrected chi connectivity index (χ2v) is 7.37. The maximum atomic E-state index is 12.2. The second kappa shape index (κ2) is 7.11. The minimum atomic E-state index is -3.91. The lowest BCUT2D eigenvalue weighted by molar-refractivity contribution is 0.0590. The molecule has 1 atom stereocenters. The minimum absolute atomic E-state index is 0.202. The summed E-state index contributed by atoms with van der Waals surface area (Å²) in [7, 11) is -2.76. The van der Waals surface area contributed by atoms with Gasteiger partial charge in [-0.2, -0.15) is 0 Å². The van der Waals surface area contributed by atoms with E-state index in [0.29, 0.717) is 6.42 Å². The number of ether oxygens (including phenoxy) is 1. The van der Waals surface area contributed by atoms with Crippen LogP contribution in [0.5, 0.6) is 0 Å². The summed E-state index contributed by atoms with van der Waals surface area (Å²) in [6, 6.07) is -0.604. The van der Waals surface area contributed by atoms with Crippen molar-refractivity contribution in [1.82, 2.24) is 9.71 Å². The zero-order valence-corrected chi connectivity index (χ0v) is 13.1. The molecule has 114 valence electrons. The molecule has 0 fully saturated rings. The molecule has 1 aromatic rings. The van der Waals surface area contributed by atoms with Crippen molar-refractivity contribution in [2.75, 3.05) is 13.7 Å². The van der Waals surface area contributed by atoms with Crippen molar-refractivity contribution in [3.63, 3.8) is 0 Å². The fourth-order valence-corrected chi connectivity index (χ4v) is 4.05. The highest BCUT2D eigenvalue weighted by atomic mass is 32.2. The van der Waals surface area contributed by atoms with Crippen LogP contribution >= 0.6 is 11.3 Å². The summed E-state index contributed by atoms with van der Waals surface area (Å²) in [5.41, 5.74) is 1.02. The van der Waals surface area contributed by atoms with Gasteiger partial charge in [0, 0.05) is 6.04 Å². The summed E-state index contributed by atoms with van der Waals surface area (Å²) < 4.78 is 31.1. The Balaban J connectivity index is 2.99. The number of carbonyl (C=O) groups is 1. The van der Waals surface area contributed by atoms with Crippen molar-refractivity contribution in [3.05, 3.63) is 11.2 Å². The van der Waals surface area contributed by atoms with Gasteiger partial charge in [-0.1, -0.05) is 13.8 Å². The molecule has 0 aliphatic heterocycles. The van der Waals surface area contributed by atoms with Gasteiger partial charge in [-0.15, -0.1) is 11.3 Å². The summed E-state index contributed by atoms with van der Waals surface area (Å²) in [6.45, 7) is 3.52. The molecule has 0 bridgehead atoms. The number of aliphatic hydroxyl groups excluding tert-OH is 1. The Morgan fingerprint density at radius 2 is 2.20 bits per heavy atom. The van der Waals surface area contributed by atoms with Gasteiger partial charge in [0.2, 0.25) is 0 Å². The standard InChI is InChI=1S/C11H18N2O5S2/c1-7(2)4-8(5-14)13-20(16,17)11-9(10(15)18-3)12-6-19-11/h6-8,13-14H,4-5H2,1-3H3. The third-order valence-electron chi connectivity index (χ3n) is 2.46. The van der Waals surface area contributed by atoms with Gasteiger partial charge in [0.05, 0.1) is 19.2 Å². The molecule has 2 N–H and O–H groups in total. The molecule has 0 aliphatic rings. The molecule has 7 nitrogen and oxygen atoms in total. The first-order valence-corrected chi connectivity index (χ1v) is 8.33. The van der Waals surface area contributed by atoms with E-state index in [2.05, 4.69) is 14.4 Å². The van der Waals surface area contributed by atoms with Crippen LogP contribution in [0, 0.1) is 5.92 Å². The first-order chi connectivity index (χ1) is 9.31. The van der Waals surface area contributed by atoms with Crippen molar-refractivity contribution < 1.29 is 23.1 Å². The highest BCUT2D eigenvalue weighted by Gasteiger charge is 2.28. The Hall–Kier alpha value is -1.03. The molecule has 9 heteroatoms. The van der Waals surface area contributed by atoms with E-state index in [-0.39, 0.29) is 22.4 Å². The summed E-state index contributed by atoms with van der Waals surface area (Å²) in [6.07, 6.45) is 0.488. The van der Waals surface area contributed by atoms with Gasteiger partial charge in [0.25, 0.3) is 10.0 Å². The first kappa shape index (κ1) is 17.0. The quantitative estimate of drug-likeness (QED) is 0.713. The maximum Gasteiger partial charge on any atom is 0.358 e. The number of rotatable bonds is 7. The third kappa shape index (κ3) is 4.23. The number of sulfonamides is 1. The Kier molecular flexibility index (Phi) is 6.06. The average Bonchev–Trinajstić information content (AvgIpc) is 2.86. The van der Waals surface area contributed by atoms with E-state index in [1.54, 1.807) is 0 Å². The van der Waals surface area contributed by atoms with Gasteiger partial charge in [-0.3, -0.25) is 0 Å². The van der Waals surface area contributed by atoms with Gasteiger partial charge < -0.3 is 9.84 Å². The van der Waals surface area contributed by atoms with Crippen LogP contribution in [0.25, 0.3) is 0 Å². The zero-order valence-electron chi connectivity index (χ0n) is 11.5. The SMILES string of the molecule is COC(=O)c1ncsc1S(=O)(=O)NC(CO)CC(C)C. The van der Waals surface area contributed by atoms with Crippen molar-refractivity contribution in [3.8, 4) is 0 Å². The van der Waals surface area contributed by atoms with Crippen LogP contribution in [0.15, 0.2) is 9.72 Å². The fraction of sp³-hybridized carbons (Fsp3) is 0.636. The number of thiazole rings is 1. The van der Waals surface area contributed by atoms with Gasteiger partial charge in [0.1, 0.15) is 0 Å². The van der Waals surface area contributed by atoms with Gasteiger partial charge in [0.15, 0.2) is 9.90 Å². The Labute approximate surface area is 122 Å². The molecule has 0 aromatic carbocycles. The predicted octanol–water partition coefficient (Wildman–Crippen LogP) is 0.615. The summed E-state index contributed by atoms with van der Waals surface area (Å²) in [5, 5.41) is 9.23. The number of esters is 1. The lowest BCUT2D eigenvalue weighted by Crippen LogP contribution is -2.38. The molecule has 0 aliphatic carbocycles. The van der Waals surface area contributed by atoms with E-state index in [9.17, 15) is 18.3 Å². The van der Waals surface area contributed by atoms with Crippen molar-refractivity contribution in [2.24, 2.45) is 5.92 Å². The maximum absolute atomic E-state index is 12.2. The predicted molar refractivity (Wildman–Crippen MR) is 74.1 cm³/mol. The number of nitrogens with zero attached hydrogens (tertiary/aromatic N) is 1. The normalized spacial score (nSPS) is 13.4. The van der Waals surface area contributed by atoms with E-state index in [4.69, 9.17) is 0 Å². The molecule has 0 amide bonds. The van der Waals surface area contributed by atoms with E-state index in [0.717, 1.165) is 18.4 Å². The minimum Gasteiger partial charge on any atom is -0.464 e. The Bertz CT molecular complexity index is 553. The molecule has 1 unspecified atom stereocenters. The van der Waals surface area contributed by atoms with Crippen LogP contribution < -0.4 is 4.72 Å². The summed E-state index contributed by atoms with van der Waals surface area (Å²) in [5.74, 6) is -0.590. The highest BCUT2D eigenvalue weighted by molar-refractivity contribution is 7.91. The van der Waals surface area contributed by atoms with E-state index in [1.165, 1.54) is 5.51 Å². The number of aromatic nitrogens is 1. The third-order valence-corrected chi connectivity index (χ3v) is 5.35. The molecule has 1 aromatic heterocycles. The van der Waals surface area contributed by atoms with Gasteiger partial charge in [-0.25, -0.2) is 22.9 Å². The van der Waals surface area contributed by atoms with Crippen LogP contribution in [-0.2, 0) is 14.8 Å². The van der Waals surface area contributed by atoms with Crippen molar-refractivity contribution in [1.29, 1.82) is 0 Å². The van der Waals surface area contributed by atoms with E-state index < -0.39 is 22.0 Å². The smallest absolute Gasteiger partial charge is 0.358 e. The van der Waals surface area contributed by atoms with Gasteiger partial charge >= 0.3 is 5.97 Å². The number of hydrogen-bond acceptors (Lipinski definition) is 7. The van der Waals surface area contributed by atoms with Crippen LogP contribution in [0.4, 0.5) is 0 Å². The molecule has 1 heterocycles. The first-order valence-electron chi connectivity index (χ1n) is 5.96. The molecule has 0 radical (unpaired) electrons. The monoisotopic (exact) mass is 322 g/mol. The van der Waals surface area contributed by atoms with Crippen molar-refractivity contribution >= 4 is 27.3 Å². The Morgan fingerprint density at radius 3 is 2.70 bits per heavy atom. The van der Waals surface area contributed by atoms with E-state index in [1.807, 2.05) is 13.8 Å². The number of aliphatic hydroxyl groups is 1. The molecule has 1 rings (SSSR count). The molecule has 0 saturated heterocycles. The fourth-order valence-electron chi connectivity index (χ4n) is 1.66. The summed E-state index contributed by atoms with van der Waals surface area (Å²) >= 11 is 0.828. The number of methoxy groups -OCH3 is 1. The molecule has 0 spiro atoms. The lowest BCUT2D eigenvalue weighted by Gasteiger charge is -2.17. The second-order valence-electron chi connectivity index (χ2n) is 4.61. The Morgan fingerprint density at radius 1 is 1.55 bits per heavy atom. The number of hydrogen-bond donors (Lipinski definition) is 2. The van der Waals surface area contributed by atoms with Crippen LogP contribution in [0.3, 0.4) is 0 Å². The number of carbonyl (C=O) groups excluding carboxylic acids is 1. The molecular formula is C11H18N2O5S2. The van der Waals surface area contributed by atoms with Crippen LogP contribution in [0.1, 0.15) is 30.8 Å². The van der Waals surface area contributed by atoms with E-state index >= 15 is 0 Å². The lowest BCUT2D eigenvalue weighted by atomic mass is 10.1. The highest BCUT2D eigenvalue weighted by Crippen LogP contribution is 2.21. The average molecular weight is 322 g/mol. The largest absolute Gasteiger partial charge is 0.464 e. The summed E-state index contributed by atoms with van der Waals surface area (Å²) in [4.78, 5) is 15.2. The topological polar surface area (TPSA) is 106 Å². The van der Waals surface area contributed by atoms with Crippen LogP contribution in [0.2, 0.25) is 0 Å². The number of nitrogens with one attached hydrogen (secondary N) is 1. The van der Waals surface area contributed by atoms with Crippen molar-refractivity contribution in [2.45, 2.75) is 30.5 Å². The molecule has 0 saturated carbocycles.